The van der Waals surface area contributed by atoms with Gasteiger partial charge in [0, 0.05) is 33.0 Å². The van der Waals surface area contributed by atoms with Crippen molar-refractivity contribution in [2.45, 2.75) is 25.9 Å². The van der Waals surface area contributed by atoms with E-state index in [1.165, 1.54) is 5.56 Å². The fourth-order valence-electron chi connectivity index (χ4n) is 2.87. The van der Waals surface area contributed by atoms with Gasteiger partial charge in [-0.2, -0.15) is 0 Å². The van der Waals surface area contributed by atoms with Crippen LogP contribution < -0.4 is 4.74 Å². The van der Waals surface area contributed by atoms with Crippen molar-refractivity contribution in [2.24, 2.45) is 5.92 Å². The number of rotatable bonds is 4. The lowest BCUT2D eigenvalue weighted by Crippen LogP contribution is -2.46. The Morgan fingerprint density at radius 2 is 2.00 bits per heavy atom. The molecule has 1 aliphatic rings. The molecule has 4 heteroatoms. The summed E-state index contributed by atoms with van der Waals surface area (Å²) in [6, 6.07) is 8.11. The molecule has 1 heterocycles. The highest BCUT2D eigenvalue weighted by Crippen LogP contribution is 2.24. The first-order valence-corrected chi connectivity index (χ1v) is 7.05. The zero-order valence-corrected chi connectivity index (χ0v) is 12.5. The van der Waals surface area contributed by atoms with Crippen molar-refractivity contribution in [2.75, 3.05) is 27.3 Å². The second-order valence-electron chi connectivity index (χ2n) is 5.34. The summed E-state index contributed by atoms with van der Waals surface area (Å²) in [7, 11) is 3.43. The van der Waals surface area contributed by atoms with E-state index in [0.717, 1.165) is 31.7 Å². The number of hydrogen-bond acceptors (Lipinski definition) is 3. The van der Waals surface area contributed by atoms with Crippen molar-refractivity contribution in [1.82, 2.24) is 4.90 Å². The van der Waals surface area contributed by atoms with Crippen molar-refractivity contribution in [1.29, 1.82) is 0 Å². The molecular formula is C16H23NO3. The Hall–Kier alpha value is -1.55. The maximum Gasteiger partial charge on any atom is 0.219 e. The van der Waals surface area contributed by atoms with Crippen LogP contribution >= 0.6 is 0 Å². The van der Waals surface area contributed by atoms with Crippen LogP contribution in [0.2, 0.25) is 0 Å². The number of likely N-dealkylation sites (tertiary alicyclic amines) is 1. The Kier molecular flexibility index (Phi) is 5.01. The average molecular weight is 277 g/mol. The third-order valence-electron chi connectivity index (χ3n) is 4.07. The van der Waals surface area contributed by atoms with Gasteiger partial charge in [0.05, 0.1) is 13.2 Å². The normalized spacial score (nSPS) is 22.6. The molecular weight excluding hydrogens is 254 g/mol. The van der Waals surface area contributed by atoms with Gasteiger partial charge < -0.3 is 14.4 Å². The predicted molar refractivity (Wildman–Crippen MR) is 77.9 cm³/mol. The lowest BCUT2D eigenvalue weighted by Gasteiger charge is -2.37. The minimum absolute atomic E-state index is 0.152. The van der Waals surface area contributed by atoms with E-state index in [0.29, 0.717) is 5.92 Å². The highest BCUT2D eigenvalue weighted by molar-refractivity contribution is 5.73. The fourth-order valence-corrected chi connectivity index (χ4v) is 2.87. The zero-order chi connectivity index (χ0) is 14.5. The third kappa shape index (κ3) is 3.51. The number of ether oxygens (including phenoxy) is 2. The van der Waals surface area contributed by atoms with Crippen LogP contribution in [0.25, 0.3) is 0 Å². The molecule has 0 unspecified atom stereocenters. The summed E-state index contributed by atoms with van der Waals surface area (Å²) in [5, 5.41) is 0. The molecule has 110 valence electrons. The lowest BCUT2D eigenvalue weighted by molar-refractivity contribution is -0.133. The summed E-state index contributed by atoms with van der Waals surface area (Å²) >= 11 is 0. The predicted octanol–water partition coefficient (Wildman–Crippen LogP) is 2.12. The summed E-state index contributed by atoms with van der Waals surface area (Å²) in [6.07, 6.45) is 2.07. The molecule has 1 saturated heterocycles. The Bertz CT molecular complexity index is 444. The maximum absolute atomic E-state index is 11.5. The number of nitrogens with zero attached hydrogens (tertiary/aromatic N) is 1. The van der Waals surface area contributed by atoms with Gasteiger partial charge in [0.2, 0.25) is 5.91 Å². The molecule has 0 bridgehead atoms. The van der Waals surface area contributed by atoms with Crippen LogP contribution in [0, 0.1) is 5.92 Å². The van der Waals surface area contributed by atoms with Crippen LogP contribution in [0.3, 0.4) is 0 Å². The summed E-state index contributed by atoms with van der Waals surface area (Å²) in [5.74, 6) is 1.37. The van der Waals surface area contributed by atoms with Gasteiger partial charge in [0.15, 0.2) is 0 Å². The Balaban J connectivity index is 2.04. The minimum atomic E-state index is 0.152. The van der Waals surface area contributed by atoms with Gasteiger partial charge in [0.1, 0.15) is 5.75 Å². The maximum atomic E-state index is 11.5. The van der Waals surface area contributed by atoms with Crippen molar-refractivity contribution < 1.29 is 14.3 Å². The van der Waals surface area contributed by atoms with Gasteiger partial charge in [-0.25, -0.2) is 0 Å². The smallest absolute Gasteiger partial charge is 0.219 e. The molecule has 1 amide bonds. The summed E-state index contributed by atoms with van der Waals surface area (Å²) in [5.41, 5.74) is 1.25. The Morgan fingerprint density at radius 1 is 1.30 bits per heavy atom. The van der Waals surface area contributed by atoms with Crippen molar-refractivity contribution in [3.8, 4) is 5.75 Å². The molecule has 1 fully saturated rings. The summed E-state index contributed by atoms with van der Waals surface area (Å²) in [6.45, 7) is 3.21. The van der Waals surface area contributed by atoms with Crippen LogP contribution in [-0.4, -0.2) is 44.2 Å². The van der Waals surface area contributed by atoms with Gasteiger partial charge in [-0.1, -0.05) is 12.1 Å². The first kappa shape index (κ1) is 14.9. The van der Waals surface area contributed by atoms with Gasteiger partial charge in [-0.3, -0.25) is 4.79 Å². The van der Waals surface area contributed by atoms with Crippen LogP contribution in [-0.2, 0) is 16.0 Å². The molecule has 0 N–H and O–H groups in total. The minimum Gasteiger partial charge on any atom is -0.497 e. The molecule has 0 spiro atoms. The molecule has 2 atom stereocenters. The highest BCUT2D eigenvalue weighted by atomic mass is 16.5. The van der Waals surface area contributed by atoms with E-state index >= 15 is 0 Å². The van der Waals surface area contributed by atoms with E-state index < -0.39 is 0 Å². The van der Waals surface area contributed by atoms with E-state index in [9.17, 15) is 4.79 Å². The number of carbonyl (C=O) groups is 1. The zero-order valence-electron chi connectivity index (χ0n) is 12.5. The lowest BCUT2D eigenvalue weighted by atomic mass is 9.88. The van der Waals surface area contributed by atoms with Crippen molar-refractivity contribution in [3.63, 3.8) is 0 Å². The highest BCUT2D eigenvalue weighted by Gasteiger charge is 2.30. The van der Waals surface area contributed by atoms with Gasteiger partial charge >= 0.3 is 0 Å². The van der Waals surface area contributed by atoms with E-state index in [4.69, 9.17) is 9.47 Å². The summed E-state index contributed by atoms with van der Waals surface area (Å²) in [4.78, 5) is 13.5. The molecule has 0 aromatic heterocycles. The molecule has 4 nitrogen and oxygen atoms in total. The Morgan fingerprint density at radius 3 is 2.55 bits per heavy atom. The molecule has 20 heavy (non-hydrogen) atoms. The van der Waals surface area contributed by atoms with Crippen LogP contribution in [0.5, 0.6) is 5.75 Å². The first-order chi connectivity index (χ1) is 9.63. The SMILES string of the molecule is COc1ccc(C[C@@H]2CN(C(C)=O)CC[C@H]2OC)cc1. The molecule has 1 aromatic carbocycles. The van der Waals surface area contributed by atoms with Crippen molar-refractivity contribution >= 4 is 5.91 Å². The molecule has 0 saturated carbocycles. The van der Waals surface area contributed by atoms with E-state index in [1.807, 2.05) is 17.0 Å². The average Bonchev–Trinajstić information content (AvgIpc) is 2.48. The fraction of sp³-hybridized carbons (Fsp3) is 0.562. The van der Waals surface area contributed by atoms with E-state index in [2.05, 4.69) is 12.1 Å². The third-order valence-corrected chi connectivity index (χ3v) is 4.07. The number of amides is 1. The van der Waals surface area contributed by atoms with E-state index in [1.54, 1.807) is 21.1 Å². The largest absolute Gasteiger partial charge is 0.497 e. The molecule has 0 aliphatic carbocycles. The first-order valence-electron chi connectivity index (χ1n) is 7.05. The van der Waals surface area contributed by atoms with Gasteiger partial charge in [-0.15, -0.1) is 0 Å². The monoisotopic (exact) mass is 277 g/mol. The quantitative estimate of drug-likeness (QED) is 0.846. The second-order valence-corrected chi connectivity index (χ2v) is 5.34. The van der Waals surface area contributed by atoms with Crippen LogP contribution in [0.15, 0.2) is 24.3 Å². The van der Waals surface area contributed by atoms with Gasteiger partial charge in [-0.05, 0) is 30.5 Å². The standard InChI is InChI=1S/C16H23NO3/c1-12(18)17-9-8-16(20-3)14(11-17)10-13-4-6-15(19-2)7-5-13/h4-7,14,16H,8-11H2,1-3H3/t14-,16-/m1/s1. The number of carbonyl (C=O) groups excluding carboxylic acids is 1. The van der Waals surface area contributed by atoms with Gasteiger partial charge in [0.25, 0.3) is 0 Å². The topological polar surface area (TPSA) is 38.8 Å². The van der Waals surface area contributed by atoms with Crippen LogP contribution in [0.4, 0.5) is 0 Å². The second kappa shape index (κ2) is 6.75. The molecule has 2 rings (SSSR count). The molecule has 1 aliphatic heterocycles. The summed E-state index contributed by atoms with van der Waals surface area (Å²) < 4.78 is 10.8. The number of benzene rings is 1. The Labute approximate surface area is 120 Å². The molecule has 1 aromatic rings. The van der Waals surface area contributed by atoms with Crippen molar-refractivity contribution in [3.05, 3.63) is 29.8 Å². The number of hydrogen-bond donors (Lipinski definition) is 0. The van der Waals surface area contributed by atoms with Crippen LogP contribution in [0.1, 0.15) is 18.9 Å². The molecule has 0 radical (unpaired) electrons. The van der Waals surface area contributed by atoms with E-state index in [-0.39, 0.29) is 12.0 Å². The number of piperidine rings is 1. The number of methoxy groups -OCH3 is 2.